The molecule has 2 heterocycles. The maximum atomic E-state index is 4.68. The number of pyridine rings is 2. The summed E-state index contributed by atoms with van der Waals surface area (Å²) < 4.78 is 0. The Morgan fingerprint density at radius 2 is 1.14 bits per heavy atom. The summed E-state index contributed by atoms with van der Waals surface area (Å²) in [6.45, 7) is 3.45. The van der Waals surface area contributed by atoms with Gasteiger partial charge in [0.2, 0.25) is 0 Å². The number of hydrogen-bond acceptors (Lipinski definition) is 6. The Morgan fingerprint density at radius 3 is 1.54 bits per heavy atom. The lowest BCUT2D eigenvalue weighted by atomic mass is 10.1. The molecule has 0 aliphatic heterocycles. The monoisotopic (exact) mass is 380 g/mol. The van der Waals surface area contributed by atoms with Gasteiger partial charge in [0.05, 0.1) is 24.5 Å². The Balaban J connectivity index is 1.88. The molecule has 0 spiro atoms. The summed E-state index contributed by atoms with van der Waals surface area (Å²) in [5.74, 6) is 0. The van der Waals surface area contributed by atoms with Gasteiger partial charge in [0.15, 0.2) is 0 Å². The summed E-state index contributed by atoms with van der Waals surface area (Å²) in [6, 6.07) is 12.2. The number of aliphatic imine (C=N–C) groups is 2. The fraction of sp³-hybridized carbons (Fsp3) is 0.455. The predicted octanol–water partition coefficient (Wildman–Crippen LogP) is 2.22. The van der Waals surface area contributed by atoms with Gasteiger partial charge in [0, 0.05) is 36.9 Å². The van der Waals surface area contributed by atoms with E-state index in [9.17, 15) is 0 Å². The van der Waals surface area contributed by atoms with Crippen LogP contribution in [0, 0.1) is 0 Å². The van der Waals surface area contributed by atoms with Gasteiger partial charge < -0.3 is 9.80 Å². The largest absolute Gasteiger partial charge is 0.308 e. The molecule has 28 heavy (non-hydrogen) atoms. The van der Waals surface area contributed by atoms with Crippen molar-refractivity contribution in [2.24, 2.45) is 9.98 Å². The summed E-state index contributed by atoms with van der Waals surface area (Å²) in [5.41, 5.74) is 3.93. The molecule has 0 radical (unpaired) electrons. The molecule has 0 aliphatic carbocycles. The average molecular weight is 381 g/mol. The van der Waals surface area contributed by atoms with Crippen molar-refractivity contribution >= 4 is 12.4 Å². The highest BCUT2D eigenvalue weighted by Crippen LogP contribution is 2.05. The number of aromatic nitrogens is 2. The van der Waals surface area contributed by atoms with E-state index in [1.807, 2.05) is 64.9 Å². The molecule has 6 nitrogen and oxygen atoms in total. The van der Waals surface area contributed by atoms with Crippen LogP contribution in [-0.4, -0.2) is 86.6 Å². The summed E-state index contributed by atoms with van der Waals surface area (Å²) in [5, 5.41) is 0. The van der Waals surface area contributed by atoms with Crippen LogP contribution in [0.3, 0.4) is 0 Å². The van der Waals surface area contributed by atoms with Crippen molar-refractivity contribution in [1.82, 2.24) is 19.8 Å². The number of hydrogen-bond donors (Lipinski definition) is 0. The third-order valence-electron chi connectivity index (χ3n) is 4.09. The molecular formula is C22H32N6. The first-order valence-electron chi connectivity index (χ1n) is 9.74. The fourth-order valence-electron chi connectivity index (χ4n) is 2.51. The van der Waals surface area contributed by atoms with E-state index in [0.717, 1.165) is 61.8 Å². The lowest BCUT2D eigenvalue weighted by Crippen LogP contribution is -2.15. The SMILES string of the molecule is CN(C)CCN=Cc1cccc(CCc2cccc(C=NCCN(C)C)n2)n1. The average Bonchev–Trinajstić information content (AvgIpc) is 2.67. The van der Waals surface area contributed by atoms with Gasteiger partial charge in [-0.3, -0.25) is 20.0 Å². The minimum atomic E-state index is 0.783. The van der Waals surface area contributed by atoms with Crippen LogP contribution in [0.25, 0.3) is 0 Å². The highest BCUT2D eigenvalue weighted by molar-refractivity contribution is 5.77. The van der Waals surface area contributed by atoms with Gasteiger partial charge in [-0.25, -0.2) is 0 Å². The zero-order valence-electron chi connectivity index (χ0n) is 17.5. The Hall–Kier alpha value is -2.44. The van der Waals surface area contributed by atoms with Crippen molar-refractivity contribution in [1.29, 1.82) is 0 Å². The molecule has 2 aromatic rings. The van der Waals surface area contributed by atoms with Gasteiger partial charge >= 0.3 is 0 Å². The van der Waals surface area contributed by atoms with Gasteiger partial charge in [-0.1, -0.05) is 12.1 Å². The van der Waals surface area contributed by atoms with Crippen LogP contribution in [0.1, 0.15) is 22.8 Å². The predicted molar refractivity (Wildman–Crippen MR) is 118 cm³/mol. The summed E-state index contributed by atoms with van der Waals surface area (Å²) in [7, 11) is 8.19. The first-order chi connectivity index (χ1) is 13.5. The van der Waals surface area contributed by atoms with Crippen molar-refractivity contribution in [2.45, 2.75) is 12.8 Å². The van der Waals surface area contributed by atoms with Gasteiger partial charge in [-0.15, -0.1) is 0 Å². The molecular weight excluding hydrogens is 348 g/mol. The minimum absolute atomic E-state index is 0.783. The summed E-state index contributed by atoms with van der Waals surface area (Å²) in [6.07, 6.45) is 5.42. The minimum Gasteiger partial charge on any atom is -0.308 e. The molecule has 2 aromatic heterocycles. The van der Waals surface area contributed by atoms with E-state index >= 15 is 0 Å². The molecule has 0 aromatic carbocycles. The van der Waals surface area contributed by atoms with Crippen LogP contribution in [0.4, 0.5) is 0 Å². The van der Waals surface area contributed by atoms with Crippen molar-refractivity contribution in [3.63, 3.8) is 0 Å². The molecule has 0 saturated heterocycles. The maximum Gasteiger partial charge on any atom is 0.0811 e. The van der Waals surface area contributed by atoms with E-state index in [-0.39, 0.29) is 0 Å². The standard InChI is InChI=1S/C22H32N6/c1-27(2)15-13-23-17-21-9-5-7-19(25-21)11-12-20-8-6-10-22(26-20)18-24-14-16-28(3)4/h5-10,17-18H,11-16H2,1-4H3. The van der Waals surface area contributed by atoms with Gasteiger partial charge in [0.1, 0.15) is 0 Å². The molecule has 150 valence electrons. The van der Waals surface area contributed by atoms with E-state index in [4.69, 9.17) is 0 Å². The molecule has 0 N–H and O–H groups in total. The van der Waals surface area contributed by atoms with Gasteiger partial charge in [0.25, 0.3) is 0 Å². The number of nitrogens with zero attached hydrogens (tertiary/aromatic N) is 6. The Morgan fingerprint density at radius 1 is 0.714 bits per heavy atom. The summed E-state index contributed by atoms with van der Waals surface area (Å²) in [4.78, 5) is 22.5. The lowest BCUT2D eigenvalue weighted by molar-refractivity contribution is 0.421. The van der Waals surface area contributed by atoms with Crippen LogP contribution >= 0.6 is 0 Å². The molecule has 0 aliphatic rings. The van der Waals surface area contributed by atoms with E-state index < -0.39 is 0 Å². The van der Waals surface area contributed by atoms with Crippen molar-refractivity contribution in [3.05, 3.63) is 59.2 Å². The number of likely N-dealkylation sites (N-methyl/N-ethyl adjacent to an activating group) is 2. The number of rotatable bonds is 11. The fourth-order valence-corrected chi connectivity index (χ4v) is 2.51. The zero-order chi connectivity index (χ0) is 20.2. The van der Waals surface area contributed by atoms with Gasteiger partial charge in [-0.2, -0.15) is 0 Å². The van der Waals surface area contributed by atoms with Crippen molar-refractivity contribution in [3.8, 4) is 0 Å². The quantitative estimate of drug-likeness (QED) is 0.561. The van der Waals surface area contributed by atoms with Crippen LogP contribution in [0.5, 0.6) is 0 Å². The first kappa shape index (κ1) is 21.9. The van der Waals surface area contributed by atoms with Crippen molar-refractivity contribution in [2.75, 3.05) is 54.4 Å². The molecule has 0 fully saturated rings. The third-order valence-corrected chi connectivity index (χ3v) is 4.09. The Kier molecular flexibility index (Phi) is 9.45. The second kappa shape index (κ2) is 12.1. The first-order valence-corrected chi connectivity index (χ1v) is 9.74. The molecule has 6 heteroatoms. The van der Waals surface area contributed by atoms with Crippen LogP contribution in [0.15, 0.2) is 46.4 Å². The highest BCUT2D eigenvalue weighted by atomic mass is 15.1. The Bertz CT molecular complexity index is 702. The van der Waals surface area contributed by atoms with E-state index in [0.29, 0.717) is 0 Å². The molecule has 0 unspecified atom stereocenters. The second-order valence-corrected chi connectivity index (χ2v) is 7.28. The lowest BCUT2D eigenvalue weighted by Gasteiger charge is -2.06. The van der Waals surface area contributed by atoms with Crippen LogP contribution < -0.4 is 0 Å². The highest BCUT2D eigenvalue weighted by Gasteiger charge is 2.01. The van der Waals surface area contributed by atoms with E-state index in [2.05, 4.69) is 41.9 Å². The molecule has 2 rings (SSSR count). The van der Waals surface area contributed by atoms with E-state index in [1.165, 1.54) is 0 Å². The Labute approximate surface area is 169 Å². The number of aryl methyl sites for hydroxylation is 2. The molecule has 0 amide bonds. The topological polar surface area (TPSA) is 57.0 Å². The summed E-state index contributed by atoms with van der Waals surface area (Å²) >= 11 is 0. The third kappa shape index (κ3) is 8.97. The van der Waals surface area contributed by atoms with Gasteiger partial charge in [-0.05, 0) is 65.3 Å². The zero-order valence-corrected chi connectivity index (χ0v) is 17.5. The molecule has 0 atom stereocenters. The smallest absolute Gasteiger partial charge is 0.0811 e. The second-order valence-electron chi connectivity index (χ2n) is 7.28. The van der Waals surface area contributed by atoms with Crippen LogP contribution in [0.2, 0.25) is 0 Å². The maximum absolute atomic E-state index is 4.68. The van der Waals surface area contributed by atoms with E-state index in [1.54, 1.807) is 0 Å². The molecule has 0 saturated carbocycles. The molecule has 0 bridgehead atoms. The van der Waals surface area contributed by atoms with Crippen LogP contribution in [-0.2, 0) is 12.8 Å². The normalized spacial score (nSPS) is 12.1. The van der Waals surface area contributed by atoms with Crippen molar-refractivity contribution < 1.29 is 0 Å².